The average Bonchev–Trinajstić information content (AvgIpc) is 3.35. The maximum Gasteiger partial charge on any atom is 0.173 e. The third-order valence-corrected chi connectivity index (χ3v) is 6.11. The number of halogens is 1. The highest BCUT2D eigenvalue weighted by Crippen LogP contribution is 2.30. The molecule has 1 aromatic carbocycles. The summed E-state index contributed by atoms with van der Waals surface area (Å²) in [6.07, 6.45) is 1.95. The van der Waals surface area contributed by atoms with Crippen molar-refractivity contribution in [3.63, 3.8) is 0 Å². The highest BCUT2D eigenvalue weighted by molar-refractivity contribution is 14.1. The zero-order chi connectivity index (χ0) is 20.7. The molecule has 0 spiro atoms. The van der Waals surface area contributed by atoms with Gasteiger partial charge in [-0.25, -0.2) is 15.0 Å². The van der Waals surface area contributed by atoms with E-state index in [1.165, 1.54) is 0 Å². The summed E-state index contributed by atoms with van der Waals surface area (Å²) in [6.45, 7) is 5.91. The SMILES string of the molecule is CCn1c(I)nc2c(N3CCOCC3)nc(-c3cccc(-c4ccn(C)n4)c3)nc21. The zero-order valence-corrected chi connectivity index (χ0v) is 19.1. The first-order chi connectivity index (χ1) is 14.6. The number of rotatable bonds is 4. The van der Waals surface area contributed by atoms with Crippen LogP contribution in [0.25, 0.3) is 33.8 Å². The molecule has 0 atom stereocenters. The number of anilines is 1. The maximum atomic E-state index is 5.54. The molecule has 0 aliphatic carbocycles. The van der Waals surface area contributed by atoms with Gasteiger partial charge in [0.05, 0.1) is 18.9 Å². The van der Waals surface area contributed by atoms with Gasteiger partial charge < -0.3 is 14.2 Å². The van der Waals surface area contributed by atoms with Crippen LogP contribution in [0.2, 0.25) is 0 Å². The van der Waals surface area contributed by atoms with Gasteiger partial charge in [0.25, 0.3) is 0 Å². The third kappa shape index (κ3) is 3.45. The van der Waals surface area contributed by atoms with Crippen LogP contribution in [-0.4, -0.2) is 55.6 Å². The van der Waals surface area contributed by atoms with Gasteiger partial charge in [-0.05, 0) is 19.1 Å². The van der Waals surface area contributed by atoms with Crippen molar-refractivity contribution in [2.45, 2.75) is 13.5 Å². The summed E-state index contributed by atoms with van der Waals surface area (Å²) in [5.41, 5.74) is 4.67. The molecule has 1 aliphatic heterocycles. The van der Waals surface area contributed by atoms with Crippen molar-refractivity contribution < 1.29 is 4.74 Å². The number of fused-ring (bicyclic) bond motifs is 1. The number of morpholine rings is 1. The number of nitrogens with zero attached hydrogens (tertiary/aromatic N) is 7. The topological polar surface area (TPSA) is 73.9 Å². The minimum absolute atomic E-state index is 0.696. The molecule has 0 unspecified atom stereocenters. The van der Waals surface area contributed by atoms with E-state index in [1.807, 2.05) is 36.1 Å². The predicted octanol–water partition coefficient (Wildman–Crippen LogP) is 3.35. The highest BCUT2D eigenvalue weighted by atomic mass is 127. The molecule has 0 amide bonds. The third-order valence-electron chi connectivity index (χ3n) is 5.29. The van der Waals surface area contributed by atoms with Crippen molar-refractivity contribution in [3.8, 4) is 22.6 Å². The molecule has 0 radical (unpaired) electrons. The van der Waals surface area contributed by atoms with Crippen LogP contribution >= 0.6 is 22.6 Å². The molecule has 8 nitrogen and oxygen atoms in total. The molecular formula is C21H22IN7O. The van der Waals surface area contributed by atoms with Crippen LogP contribution in [0.5, 0.6) is 0 Å². The quantitative estimate of drug-likeness (QED) is 0.307. The Labute approximate surface area is 188 Å². The minimum Gasteiger partial charge on any atom is -0.378 e. The average molecular weight is 515 g/mol. The van der Waals surface area contributed by atoms with Gasteiger partial charge in [-0.15, -0.1) is 0 Å². The van der Waals surface area contributed by atoms with Crippen LogP contribution in [0.4, 0.5) is 5.82 Å². The molecule has 154 valence electrons. The first kappa shape index (κ1) is 19.4. The number of hydrogen-bond donors (Lipinski definition) is 0. The molecule has 30 heavy (non-hydrogen) atoms. The van der Waals surface area contributed by atoms with E-state index in [-0.39, 0.29) is 0 Å². The van der Waals surface area contributed by atoms with E-state index in [2.05, 4.69) is 56.2 Å². The molecular weight excluding hydrogens is 493 g/mol. The standard InChI is InChI=1S/C21H22IN7O/c1-3-29-20-17(23-21(29)22)19(28-9-11-30-12-10-28)24-18(25-20)15-6-4-5-14(13-15)16-7-8-27(2)26-16/h4-8,13H,3,9-12H2,1-2H3. The summed E-state index contributed by atoms with van der Waals surface area (Å²) in [7, 11) is 1.92. The van der Waals surface area contributed by atoms with Crippen molar-refractivity contribution in [1.82, 2.24) is 29.3 Å². The van der Waals surface area contributed by atoms with E-state index in [0.717, 1.165) is 57.3 Å². The number of imidazole rings is 1. The lowest BCUT2D eigenvalue weighted by Gasteiger charge is -2.28. The maximum absolute atomic E-state index is 5.54. The van der Waals surface area contributed by atoms with E-state index < -0.39 is 0 Å². The minimum atomic E-state index is 0.696. The van der Waals surface area contributed by atoms with Crippen LogP contribution in [0, 0.1) is 3.83 Å². The van der Waals surface area contributed by atoms with E-state index in [9.17, 15) is 0 Å². The summed E-state index contributed by atoms with van der Waals surface area (Å²) >= 11 is 2.27. The van der Waals surface area contributed by atoms with Gasteiger partial charge in [-0.2, -0.15) is 5.10 Å². The van der Waals surface area contributed by atoms with Crippen LogP contribution in [0.1, 0.15) is 6.92 Å². The van der Waals surface area contributed by atoms with Gasteiger partial charge in [0.2, 0.25) is 0 Å². The number of aryl methyl sites for hydroxylation is 2. The first-order valence-electron chi connectivity index (χ1n) is 10.0. The van der Waals surface area contributed by atoms with E-state index in [1.54, 1.807) is 0 Å². The van der Waals surface area contributed by atoms with Crippen molar-refractivity contribution in [3.05, 3.63) is 40.4 Å². The second-order valence-corrected chi connectivity index (χ2v) is 8.19. The molecule has 1 fully saturated rings. The van der Waals surface area contributed by atoms with Gasteiger partial charge in [0.1, 0.15) is 0 Å². The summed E-state index contributed by atoms with van der Waals surface area (Å²) in [5.74, 6) is 1.58. The predicted molar refractivity (Wildman–Crippen MR) is 124 cm³/mol. The Balaban J connectivity index is 1.67. The molecule has 9 heteroatoms. The smallest absolute Gasteiger partial charge is 0.173 e. The molecule has 1 aliphatic rings. The van der Waals surface area contributed by atoms with Gasteiger partial charge in [0, 0.05) is 66.6 Å². The Kier molecular flexibility index (Phi) is 5.15. The normalized spacial score (nSPS) is 14.6. The molecule has 1 saturated heterocycles. The van der Waals surface area contributed by atoms with Gasteiger partial charge in [-0.1, -0.05) is 18.2 Å². The van der Waals surface area contributed by atoms with E-state index in [0.29, 0.717) is 19.0 Å². The van der Waals surface area contributed by atoms with Gasteiger partial charge >= 0.3 is 0 Å². The highest BCUT2D eigenvalue weighted by Gasteiger charge is 2.22. The molecule has 5 rings (SSSR count). The number of ether oxygens (including phenoxy) is 1. The van der Waals surface area contributed by atoms with Crippen LogP contribution in [0.15, 0.2) is 36.5 Å². The van der Waals surface area contributed by atoms with Crippen LogP contribution < -0.4 is 4.90 Å². The summed E-state index contributed by atoms with van der Waals surface area (Å²) < 4.78 is 10.4. The Bertz CT molecular complexity index is 1210. The summed E-state index contributed by atoms with van der Waals surface area (Å²) in [4.78, 5) is 17.0. The molecule has 3 aromatic heterocycles. The van der Waals surface area contributed by atoms with Crippen LogP contribution in [0.3, 0.4) is 0 Å². The lowest BCUT2D eigenvalue weighted by atomic mass is 10.1. The molecule has 0 N–H and O–H groups in total. The number of benzene rings is 1. The zero-order valence-electron chi connectivity index (χ0n) is 16.9. The number of hydrogen-bond acceptors (Lipinski definition) is 6. The van der Waals surface area contributed by atoms with E-state index >= 15 is 0 Å². The number of aromatic nitrogens is 6. The van der Waals surface area contributed by atoms with Crippen molar-refractivity contribution >= 4 is 39.6 Å². The monoisotopic (exact) mass is 515 g/mol. The second kappa shape index (κ2) is 7.95. The fraction of sp³-hybridized carbons (Fsp3) is 0.333. The lowest BCUT2D eigenvalue weighted by Crippen LogP contribution is -2.37. The van der Waals surface area contributed by atoms with Crippen molar-refractivity contribution in [1.29, 1.82) is 0 Å². The van der Waals surface area contributed by atoms with Crippen molar-refractivity contribution in [2.75, 3.05) is 31.2 Å². The Morgan fingerprint density at radius 2 is 1.87 bits per heavy atom. The fourth-order valence-corrected chi connectivity index (χ4v) is 4.56. The fourth-order valence-electron chi connectivity index (χ4n) is 3.75. The summed E-state index contributed by atoms with van der Waals surface area (Å²) in [6, 6.07) is 10.3. The van der Waals surface area contributed by atoms with Crippen molar-refractivity contribution in [2.24, 2.45) is 7.05 Å². The second-order valence-electron chi connectivity index (χ2n) is 7.22. The Hall–Kier alpha value is -2.53. The molecule has 4 heterocycles. The molecule has 0 bridgehead atoms. The van der Waals surface area contributed by atoms with Crippen LogP contribution in [-0.2, 0) is 18.3 Å². The molecule has 4 aromatic rings. The largest absolute Gasteiger partial charge is 0.378 e. The first-order valence-corrected chi connectivity index (χ1v) is 11.1. The Morgan fingerprint density at radius 1 is 1.07 bits per heavy atom. The van der Waals surface area contributed by atoms with E-state index in [4.69, 9.17) is 19.7 Å². The van der Waals surface area contributed by atoms with Gasteiger partial charge in [0.15, 0.2) is 26.6 Å². The summed E-state index contributed by atoms with van der Waals surface area (Å²) in [5, 5.41) is 4.53. The molecule has 0 saturated carbocycles. The Morgan fingerprint density at radius 3 is 2.60 bits per heavy atom. The lowest BCUT2D eigenvalue weighted by molar-refractivity contribution is 0.122. The van der Waals surface area contributed by atoms with Gasteiger partial charge in [-0.3, -0.25) is 4.68 Å².